The molecule has 1 aliphatic heterocycles. The first-order valence-electron chi connectivity index (χ1n) is 7.17. The van der Waals surface area contributed by atoms with Crippen molar-refractivity contribution in [3.8, 4) is 0 Å². The third kappa shape index (κ3) is 3.16. The lowest BCUT2D eigenvalue weighted by Gasteiger charge is -2.33. The van der Waals surface area contributed by atoms with E-state index in [9.17, 15) is 13.2 Å². The highest BCUT2D eigenvalue weighted by Crippen LogP contribution is 2.21. The Hall–Kier alpha value is -1.44. The molecule has 1 amide bonds. The van der Waals surface area contributed by atoms with Crippen molar-refractivity contribution in [1.82, 2.24) is 9.21 Å². The Labute approximate surface area is 131 Å². The molecule has 0 aromatic heterocycles. The molecule has 1 aliphatic rings. The third-order valence-corrected chi connectivity index (χ3v) is 5.78. The Morgan fingerprint density at radius 1 is 1.36 bits per heavy atom. The minimum Gasteiger partial charge on any atom is -0.377 e. The fraction of sp³-hybridized carbons (Fsp3) is 0.533. The maximum atomic E-state index is 12.6. The maximum Gasteiger partial charge on any atom is 0.254 e. The lowest BCUT2D eigenvalue weighted by molar-refractivity contribution is 0.00358. The molecule has 1 aromatic rings. The summed E-state index contributed by atoms with van der Waals surface area (Å²) in [4.78, 5) is 14.5. The van der Waals surface area contributed by atoms with Gasteiger partial charge in [-0.05, 0) is 31.5 Å². The van der Waals surface area contributed by atoms with Crippen molar-refractivity contribution in [1.29, 1.82) is 0 Å². The number of hydrogen-bond donors (Lipinski definition) is 0. The molecule has 0 N–H and O–H groups in total. The van der Waals surface area contributed by atoms with Crippen LogP contribution in [0.4, 0.5) is 0 Å². The van der Waals surface area contributed by atoms with Gasteiger partial charge in [-0.2, -0.15) is 0 Å². The number of carbonyl (C=O) groups excluding carboxylic acids is 1. The molecule has 1 unspecified atom stereocenters. The van der Waals surface area contributed by atoms with Crippen molar-refractivity contribution in [2.24, 2.45) is 0 Å². The predicted octanol–water partition coefficient (Wildman–Crippen LogP) is 1.11. The van der Waals surface area contributed by atoms with E-state index in [1.54, 1.807) is 24.0 Å². The Bertz CT molecular complexity index is 670. The van der Waals surface area contributed by atoms with Gasteiger partial charge in [0, 0.05) is 26.2 Å². The zero-order chi connectivity index (χ0) is 16.5. The molecular formula is C15H22N2O4S. The van der Waals surface area contributed by atoms with E-state index in [1.807, 2.05) is 6.92 Å². The number of nitrogens with zero attached hydrogens (tertiary/aromatic N) is 2. The number of morpholine rings is 1. The number of aryl methyl sites for hydroxylation is 1. The van der Waals surface area contributed by atoms with Gasteiger partial charge in [-0.1, -0.05) is 6.07 Å². The second kappa shape index (κ2) is 6.36. The van der Waals surface area contributed by atoms with Crippen LogP contribution >= 0.6 is 0 Å². The largest absolute Gasteiger partial charge is 0.377 e. The Balaban J connectivity index is 2.39. The number of hydrogen-bond acceptors (Lipinski definition) is 4. The van der Waals surface area contributed by atoms with Crippen LogP contribution in [0.15, 0.2) is 23.1 Å². The van der Waals surface area contributed by atoms with Gasteiger partial charge in [0.15, 0.2) is 0 Å². The summed E-state index contributed by atoms with van der Waals surface area (Å²) >= 11 is 0. The average Bonchev–Trinajstić information content (AvgIpc) is 2.47. The summed E-state index contributed by atoms with van der Waals surface area (Å²) in [6.07, 6.45) is 0. The Kier molecular flexibility index (Phi) is 4.89. The average molecular weight is 326 g/mol. The number of carbonyl (C=O) groups is 1. The van der Waals surface area contributed by atoms with Crippen LogP contribution in [0, 0.1) is 6.92 Å². The van der Waals surface area contributed by atoms with Crippen LogP contribution < -0.4 is 0 Å². The van der Waals surface area contributed by atoms with E-state index in [-0.39, 0.29) is 16.8 Å². The maximum absolute atomic E-state index is 12.6. The quantitative estimate of drug-likeness (QED) is 0.834. The van der Waals surface area contributed by atoms with Crippen LogP contribution in [-0.2, 0) is 14.8 Å². The second-order valence-electron chi connectivity index (χ2n) is 5.69. The lowest BCUT2D eigenvalue weighted by Crippen LogP contribution is -2.47. The van der Waals surface area contributed by atoms with Gasteiger partial charge in [-0.15, -0.1) is 0 Å². The van der Waals surface area contributed by atoms with E-state index in [2.05, 4.69) is 0 Å². The molecule has 0 aliphatic carbocycles. The van der Waals surface area contributed by atoms with E-state index < -0.39 is 10.0 Å². The van der Waals surface area contributed by atoms with Gasteiger partial charge >= 0.3 is 0 Å². The molecule has 1 saturated heterocycles. The molecule has 0 saturated carbocycles. The molecule has 1 atom stereocenters. The number of benzene rings is 1. The summed E-state index contributed by atoms with van der Waals surface area (Å²) < 4.78 is 31.2. The molecule has 1 aromatic carbocycles. The van der Waals surface area contributed by atoms with Gasteiger partial charge in [-0.3, -0.25) is 4.79 Å². The van der Waals surface area contributed by atoms with E-state index in [1.165, 1.54) is 20.2 Å². The summed E-state index contributed by atoms with van der Waals surface area (Å²) in [6, 6.07) is 4.80. The highest BCUT2D eigenvalue weighted by atomic mass is 32.2. The monoisotopic (exact) mass is 326 g/mol. The van der Waals surface area contributed by atoms with Crippen molar-refractivity contribution < 1.29 is 17.9 Å². The minimum absolute atomic E-state index is 0.0172. The highest BCUT2D eigenvalue weighted by molar-refractivity contribution is 7.89. The van der Waals surface area contributed by atoms with Gasteiger partial charge in [0.2, 0.25) is 10.0 Å². The van der Waals surface area contributed by atoms with Gasteiger partial charge in [-0.25, -0.2) is 12.7 Å². The zero-order valence-electron chi connectivity index (χ0n) is 13.4. The van der Waals surface area contributed by atoms with Crippen LogP contribution in [0.3, 0.4) is 0 Å². The van der Waals surface area contributed by atoms with Crippen LogP contribution in [0.1, 0.15) is 22.8 Å². The lowest BCUT2D eigenvalue weighted by atomic mass is 10.1. The molecule has 1 heterocycles. The van der Waals surface area contributed by atoms with Crippen molar-refractivity contribution >= 4 is 15.9 Å². The summed E-state index contributed by atoms with van der Waals surface area (Å²) in [5.74, 6) is -0.161. The second-order valence-corrected chi connectivity index (χ2v) is 7.81. The molecular weight excluding hydrogens is 304 g/mol. The molecule has 2 rings (SSSR count). The summed E-state index contributed by atoms with van der Waals surface area (Å²) in [6.45, 7) is 5.17. The van der Waals surface area contributed by atoms with Gasteiger partial charge < -0.3 is 9.64 Å². The van der Waals surface area contributed by atoms with E-state index in [0.717, 1.165) is 4.31 Å². The van der Waals surface area contributed by atoms with Crippen LogP contribution in [0.2, 0.25) is 0 Å². The Morgan fingerprint density at radius 2 is 2.05 bits per heavy atom. The molecule has 0 spiro atoms. The SMILES string of the molecule is Cc1ccc(C(=O)N2CCOCC2C)cc1S(=O)(=O)N(C)C. The molecule has 7 heteroatoms. The van der Waals surface area contributed by atoms with Crippen molar-refractivity contribution in [3.05, 3.63) is 29.3 Å². The Morgan fingerprint density at radius 3 is 2.64 bits per heavy atom. The fourth-order valence-corrected chi connectivity index (χ4v) is 3.55. The van der Waals surface area contributed by atoms with Crippen molar-refractivity contribution in [3.63, 3.8) is 0 Å². The van der Waals surface area contributed by atoms with Gasteiger partial charge in [0.1, 0.15) is 0 Å². The fourth-order valence-electron chi connectivity index (χ4n) is 2.40. The predicted molar refractivity (Wildman–Crippen MR) is 83.4 cm³/mol. The van der Waals surface area contributed by atoms with Gasteiger partial charge in [0.25, 0.3) is 5.91 Å². The van der Waals surface area contributed by atoms with Crippen LogP contribution in [0.25, 0.3) is 0 Å². The standard InChI is InChI=1S/C15H22N2O4S/c1-11-5-6-13(9-14(11)22(19,20)16(3)4)15(18)17-7-8-21-10-12(17)2/h5-6,9,12H,7-8,10H2,1-4H3. The van der Waals surface area contributed by atoms with E-state index >= 15 is 0 Å². The van der Waals surface area contributed by atoms with Crippen LogP contribution in [-0.4, -0.2) is 63.4 Å². The number of rotatable bonds is 3. The highest BCUT2D eigenvalue weighted by Gasteiger charge is 2.27. The molecule has 0 radical (unpaired) electrons. The molecule has 6 nitrogen and oxygen atoms in total. The topological polar surface area (TPSA) is 66.9 Å². The minimum atomic E-state index is -3.57. The first-order chi connectivity index (χ1) is 10.2. The third-order valence-electron chi connectivity index (χ3n) is 3.82. The first-order valence-corrected chi connectivity index (χ1v) is 8.61. The molecule has 0 bridgehead atoms. The number of sulfonamides is 1. The molecule has 1 fully saturated rings. The van der Waals surface area contributed by atoms with Crippen molar-refractivity contribution in [2.45, 2.75) is 24.8 Å². The normalized spacial score (nSPS) is 19.5. The zero-order valence-corrected chi connectivity index (χ0v) is 14.2. The van der Waals surface area contributed by atoms with Crippen LogP contribution in [0.5, 0.6) is 0 Å². The van der Waals surface area contributed by atoms with E-state index in [0.29, 0.717) is 30.9 Å². The summed E-state index contributed by atoms with van der Waals surface area (Å²) in [7, 11) is -0.611. The van der Waals surface area contributed by atoms with Gasteiger partial charge in [0.05, 0.1) is 24.2 Å². The first kappa shape index (κ1) is 16.9. The summed E-state index contributed by atoms with van der Waals surface area (Å²) in [5.41, 5.74) is 1.01. The molecule has 122 valence electrons. The number of amides is 1. The van der Waals surface area contributed by atoms with Crippen molar-refractivity contribution in [2.75, 3.05) is 33.9 Å². The summed E-state index contributed by atoms with van der Waals surface area (Å²) in [5, 5.41) is 0. The molecule has 22 heavy (non-hydrogen) atoms. The smallest absolute Gasteiger partial charge is 0.254 e. The number of ether oxygens (including phenoxy) is 1. The van der Waals surface area contributed by atoms with E-state index in [4.69, 9.17) is 4.74 Å².